The maximum Gasteiger partial charge on any atom is 0.300 e. The van der Waals surface area contributed by atoms with E-state index >= 15 is 0 Å². The number of nitrogens with one attached hydrogen (secondary N) is 1. The Labute approximate surface area is 194 Å². The summed E-state index contributed by atoms with van der Waals surface area (Å²) in [5.74, 6) is 0.916. The minimum absolute atomic E-state index is 0.191. The van der Waals surface area contributed by atoms with Gasteiger partial charge in [-0.15, -0.1) is 10.2 Å². The molecule has 0 aliphatic heterocycles. The van der Waals surface area contributed by atoms with Gasteiger partial charge in [0.05, 0.1) is 25.2 Å². The Kier molecular flexibility index (Phi) is 6.64. The zero-order chi connectivity index (χ0) is 23.4. The van der Waals surface area contributed by atoms with E-state index < -0.39 is 5.25 Å². The first kappa shape index (κ1) is 22.4. The van der Waals surface area contributed by atoms with Gasteiger partial charge in [0, 0.05) is 24.1 Å². The molecule has 9 nitrogen and oxygen atoms in total. The van der Waals surface area contributed by atoms with Crippen LogP contribution >= 0.6 is 11.8 Å². The number of methoxy groups -OCH3 is 2. The maximum atomic E-state index is 13.0. The van der Waals surface area contributed by atoms with Gasteiger partial charge < -0.3 is 14.8 Å². The minimum Gasteiger partial charge on any atom is -0.497 e. The van der Waals surface area contributed by atoms with Crippen LogP contribution in [0.25, 0.3) is 11.3 Å². The van der Waals surface area contributed by atoms with E-state index in [2.05, 4.69) is 15.5 Å². The summed E-state index contributed by atoms with van der Waals surface area (Å²) in [5, 5.41) is 11.1. The fourth-order valence-electron chi connectivity index (χ4n) is 3.30. The summed E-state index contributed by atoms with van der Waals surface area (Å²) in [6.07, 6.45) is 3.94. The van der Waals surface area contributed by atoms with E-state index in [1.54, 1.807) is 42.1 Å². The van der Waals surface area contributed by atoms with Crippen molar-refractivity contribution in [2.75, 3.05) is 19.5 Å². The van der Waals surface area contributed by atoms with Crippen molar-refractivity contribution in [1.29, 1.82) is 0 Å². The normalized spacial score (nSPS) is 11.8. The van der Waals surface area contributed by atoms with Crippen LogP contribution in [-0.2, 0) is 4.79 Å². The van der Waals surface area contributed by atoms with Gasteiger partial charge in [-0.25, -0.2) is 0 Å². The second kappa shape index (κ2) is 9.78. The predicted molar refractivity (Wildman–Crippen MR) is 127 cm³/mol. The average molecular weight is 466 g/mol. The molecule has 10 heteroatoms. The van der Waals surface area contributed by atoms with Crippen LogP contribution in [0.3, 0.4) is 0 Å². The molecule has 1 atom stereocenters. The lowest BCUT2D eigenvalue weighted by atomic mass is 10.2. The van der Waals surface area contributed by atoms with Crippen molar-refractivity contribution < 1.29 is 14.3 Å². The van der Waals surface area contributed by atoms with Crippen LogP contribution in [0.5, 0.6) is 11.5 Å². The number of carbonyl (C=O) groups excluding carboxylic acids is 1. The summed E-state index contributed by atoms with van der Waals surface area (Å²) in [5.41, 5.74) is 1.18. The summed E-state index contributed by atoms with van der Waals surface area (Å²) in [4.78, 5) is 25.9. The number of benzene rings is 2. The van der Waals surface area contributed by atoms with Crippen LogP contribution in [0.1, 0.15) is 13.3 Å². The van der Waals surface area contributed by atoms with Crippen LogP contribution in [0.2, 0.25) is 0 Å². The van der Waals surface area contributed by atoms with E-state index in [0.29, 0.717) is 28.8 Å². The van der Waals surface area contributed by atoms with Gasteiger partial charge in [0.2, 0.25) is 11.6 Å². The lowest BCUT2D eigenvalue weighted by molar-refractivity contribution is -0.115. The zero-order valence-corrected chi connectivity index (χ0v) is 19.2. The number of amides is 1. The van der Waals surface area contributed by atoms with Gasteiger partial charge in [0.25, 0.3) is 0 Å². The van der Waals surface area contributed by atoms with Crippen molar-refractivity contribution in [3.05, 3.63) is 71.3 Å². The molecule has 4 aromatic rings. The van der Waals surface area contributed by atoms with Crippen LogP contribution in [-0.4, -0.2) is 44.5 Å². The summed E-state index contributed by atoms with van der Waals surface area (Å²) in [6.45, 7) is 1.91. The molecule has 2 aromatic heterocycles. The number of anilines is 1. The number of hydrogen-bond donors (Lipinski definition) is 1. The monoisotopic (exact) mass is 465 g/mol. The van der Waals surface area contributed by atoms with Gasteiger partial charge in [-0.2, -0.15) is 0 Å². The Hall–Kier alpha value is -3.79. The van der Waals surface area contributed by atoms with E-state index in [4.69, 9.17) is 9.47 Å². The molecule has 0 saturated carbocycles. The van der Waals surface area contributed by atoms with Gasteiger partial charge in [0.1, 0.15) is 11.5 Å². The molecule has 1 N–H and O–H groups in total. The molecule has 0 unspecified atom stereocenters. The molecule has 0 bridgehead atoms. The second-order valence-electron chi connectivity index (χ2n) is 7.06. The molecule has 0 fully saturated rings. The highest BCUT2D eigenvalue weighted by molar-refractivity contribution is 8.00. The molecule has 2 heterocycles. The van der Waals surface area contributed by atoms with E-state index in [-0.39, 0.29) is 17.1 Å². The Morgan fingerprint density at radius 3 is 2.58 bits per heavy atom. The molecule has 4 rings (SSSR count). The number of carbonyl (C=O) groups is 1. The molecule has 0 spiro atoms. The van der Waals surface area contributed by atoms with Gasteiger partial charge in [-0.3, -0.25) is 18.6 Å². The van der Waals surface area contributed by atoms with Crippen molar-refractivity contribution in [1.82, 2.24) is 19.2 Å². The van der Waals surface area contributed by atoms with Crippen LogP contribution in [0.4, 0.5) is 5.69 Å². The van der Waals surface area contributed by atoms with Gasteiger partial charge in [-0.1, -0.05) is 36.9 Å². The molecule has 170 valence electrons. The van der Waals surface area contributed by atoms with E-state index in [1.165, 1.54) is 23.4 Å². The number of para-hydroxylation sites is 1. The number of hydrogen-bond acceptors (Lipinski definition) is 7. The van der Waals surface area contributed by atoms with Gasteiger partial charge in [0.15, 0.2) is 5.16 Å². The first-order valence-electron chi connectivity index (χ1n) is 10.3. The topological polar surface area (TPSA) is 99.8 Å². The highest BCUT2D eigenvalue weighted by Gasteiger charge is 2.23. The van der Waals surface area contributed by atoms with E-state index in [0.717, 1.165) is 5.69 Å². The van der Waals surface area contributed by atoms with Gasteiger partial charge in [-0.05, 0) is 30.7 Å². The van der Waals surface area contributed by atoms with Crippen molar-refractivity contribution in [2.24, 2.45) is 0 Å². The van der Waals surface area contributed by atoms with Crippen LogP contribution in [0.15, 0.2) is 70.9 Å². The Bertz CT molecular complexity index is 1340. The molecule has 0 saturated heterocycles. The molecule has 0 aliphatic carbocycles. The molecule has 33 heavy (non-hydrogen) atoms. The number of aromatic nitrogens is 4. The summed E-state index contributed by atoms with van der Waals surface area (Å²) in [6, 6.07) is 14.5. The molecular weight excluding hydrogens is 442 g/mol. The highest BCUT2D eigenvalue weighted by Crippen LogP contribution is 2.31. The first-order chi connectivity index (χ1) is 16.0. The standard InChI is InChI=1S/C23H23N5O4S/c1-4-19(21(29)24-17-11-10-16(31-2)14-18(17)32-3)33-23-26-25-20-22(30)27(12-13-28(20)23)15-8-6-5-7-9-15/h5-14,19H,4H2,1-3H3,(H,24,29)/t19-/m1/s1. The molecule has 0 radical (unpaired) electrons. The van der Waals surface area contributed by atoms with E-state index in [1.807, 2.05) is 37.3 Å². The second-order valence-corrected chi connectivity index (χ2v) is 8.23. The molecule has 2 aromatic carbocycles. The van der Waals surface area contributed by atoms with Gasteiger partial charge >= 0.3 is 5.56 Å². The summed E-state index contributed by atoms with van der Waals surface area (Å²) in [7, 11) is 3.09. The van der Waals surface area contributed by atoms with Crippen molar-refractivity contribution in [3.63, 3.8) is 0 Å². The zero-order valence-electron chi connectivity index (χ0n) is 18.4. The summed E-state index contributed by atoms with van der Waals surface area (Å²) < 4.78 is 13.7. The Morgan fingerprint density at radius 2 is 1.88 bits per heavy atom. The van der Waals surface area contributed by atoms with Crippen LogP contribution < -0.4 is 20.3 Å². The number of ether oxygens (including phenoxy) is 2. The fourth-order valence-corrected chi connectivity index (χ4v) is 4.24. The fraction of sp³-hybridized carbons (Fsp3) is 0.217. The van der Waals surface area contributed by atoms with Crippen LogP contribution in [0, 0.1) is 0 Å². The first-order valence-corrected chi connectivity index (χ1v) is 11.1. The number of thioether (sulfide) groups is 1. The third-order valence-corrected chi connectivity index (χ3v) is 6.37. The maximum absolute atomic E-state index is 13.0. The number of nitrogens with zero attached hydrogens (tertiary/aromatic N) is 4. The SMILES string of the molecule is CC[C@@H](Sc1nnc2c(=O)n(-c3ccccc3)ccn12)C(=O)Nc1ccc(OC)cc1OC. The lowest BCUT2D eigenvalue weighted by Crippen LogP contribution is -2.25. The predicted octanol–water partition coefficient (Wildman–Crippen LogP) is 3.41. The highest BCUT2D eigenvalue weighted by atomic mass is 32.2. The van der Waals surface area contributed by atoms with Crippen molar-refractivity contribution in [3.8, 4) is 17.2 Å². The van der Waals surface area contributed by atoms with E-state index in [9.17, 15) is 9.59 Å². The molecule has 1 amide bonds. The number of fused-ring (bicyclic) bond motifs is 1. The minimum atomic E-state index is -0.458. The quantitative estimate of drug-likeness (QED) is 0.398. The largest absolute Gasteiger partial charge is 0.497 e. The molecular formula is C23H23N5O4S. The molecule has 0 aliphatic rings. The third kappa shape index (κ3) is 4.56. The lowest BCUT2D eigenvalue weighted by Gasteiger charge is -2.16. The average Bonchev–Trinajstić information content (AvgIpc) is 3.27. The van der Waals surface area contributed by atoms with Crippen molar-refractivity contribution in [2.45, 2.75) is 23.8 Å². The van der Waals surface area contributed by atoms with Crippen molar-refractivity contribution >= 4 is 29.0 Å². The number of rotatable bonds is 8. The third-order valence-electron chi connectivity index (χ3n) is 5.05. The smallest absolute Gasteiger partial charge is 0.300 e. The summed E-state index contributed by atoms with van der Waals surface area (Å²) >= 11 is 1.25. The Balaban J connectivity index is 1.57. The Morgan fingerprint density at radius 1 is 1.09 bits per heavy atom.